The van der Waals surface area contributed by atoms with Crippen LogP contribution in [-0.4, -0.2) is 19.7 Å². The molecule has 0 spiro atoms. The van der Waals surface area contributed by atoms with E-state index in [2.05, 4.69) is 10.1 Å². The third kappa shape index (κ3) is 4.13. The molecule has 2 heterocycles. The van der Waals surface area contributed by atoms with Gasteiger partial charge in [-0.15, -0.1) is 11.3 Å². The first-order chi connectivity index (χ1) is 15.1. The van der Waals surface area contributed by atoms with E-state index in [9.17, 15) is 9.59 Å². The molecule has 0 atom stereocenters. The molecule has 164 valence electrons. The van der Waals surface area contributed by atoms with Gasteiger partial charge in [-0.1, -0.05) is 46.9 Å². The van der Waals surface area contributed by atoms with Crippen molar-refractivity contribution in [2.75, 3.05) is 0 Å². The first-order valence-corrected chi connectivity index (χ1v) is 11.5. The lowest BCUT2D eigenvalue weighted by Crippen LogP contribution is -2.30. The summed E-state index contributed by atoms with van der Waals surface area (Å²) in [7, 11) is 0. The highest BCUT2D eigenvalue weighted by atomic mass is 35.5. The lowest BCUT2D eigenvalue weighted by Gasteiger charge is -2.26. The van der Waals surface area contributed by atoms with E-state index in [0.29, 0.717) is 26.3 Å². The van der Waals surface area contributed by atoms with Crippen molar-refractivity contribution in [1.82, 2.24) is 19.7 Å². The molecule has 0 aliphatic heterocycles. The summed E-state index contributed by atoms with van der Waals surface area (Å²) in [4.78, 5) is 31.5. The zero-order valence-corrected chi connectivity index (χ0v) is 20.3. The molecule has 0 radical (unpaired) electrons. The van der Waals surface area contributed by atoms with Crippen molar-refractivity contribution in [2.24, 2.45) is 0 Å². The molecule has 32 heavy (non-hydrogen) atoms. The number of halogens is 3. The molecule has 4 rings (SSSR count). The highest BCUT2D eigenvalue weighted by molar-refractivity contribution is 7.12. The van der Waals surface area contributed by atoms with Gasteiger partial charge in [0.05, 0.1) is 11.4 Å². The normalized spacial score (nSPS) is 11.7. The second kappa shape index (κ2) is 8.48. The third-order valence-electron chi connectivity index (χ3n) is 5.04. The summed E-state index contributed by atoms with van der Waals surface area (Å²) in [6, 6.07) is 10.7. The second-order valence-corrected chi connectivity index (χ2v) is 10.1. The summed E-state index contributed by atoms with van der Waals surface area (Å²) < 4.78 is 1.03. The topological polar surface area (TPSA) is 80.6 Å². The molecule has 0 bridgehead atoms. The van der Waals surface area contributed by atoms with Crippen molar-refractivity contribution >= 4 is 46.1 Å². The van der Waals surface area contributed by atoms with Crippen LogP contribution in [0.2, 0.25) is 15.1 Å². The van der Waals surface area contributed by atoms with Gasteiger partial charge in [0.25, 0.3) is 5.56 Å². The average Bonchev–Trinajstić information content (AvgIpc) is 3.10. The Kier molecular flexibility index (Phi) is 6.02. The molecule has 2 aromatic heterocycles. The van der Waals surface area contributed by atoms with Gasteiger partial charge < -0.3 is 0 Å². The zero-order valence-electron chi connectivity index (χ0n) is 17.2. The monoisotopic (exact) mass is 506 g/mol. The molecule has 4 aromatic rings. The van der Waals surface area contributed by atoms with Crippen LogP contribution in [0.3, 0.4) is 0 Å². The summed E-state index contributed by atoms with van der Waals surface area (Å²) in [5.41, 5.74) is 0.915. The highest BCUT2D eigenvalue weighted by Gasteiger charge is 2.33. The fraction of sp³-hybridized carbons (Fsp3) is 0.182. The SMILES string of the molecule is Cc1sc(C(C)(C)c2c(Cl)cc(-n3ncc(=O)[nH]c3=O)cc2Cl)nc1-c1cccc(Cl)c1. The number of H-pyrrole nitrogens is 1. The minimum absolute atomic E-state index is 0.343. The van der Waals surface area contributed by atoms with Crippen molar-refractivity contribution in [3.05, 3.63) is 93.9 Å². The number of nitrogens with zero attached hydrogens (tertiary/aromatic N) is 3. The van der Waals surface area contributed by atoms with Crippen LogP contribution < -0.4 is 11.2 Å². The molecule has 6 nitrogen and oxygen atoms in total. The van der Waals surface area contributed by atoms with E-state index >= 15 is 0 Å². The number of hydrogen-bond donors (Lipinski definition) is 1. The fourth-order valence-electron chi connectivity index (χ4n) is 3.49. The number of hydrogen-bond acceptors (Lipinski definition) is 5. The lowest BCUT2D eigenvalue weighted by molar-refractivity contribution is 0.635. The van der Waals surface area contributed by atoms with Crippen molar-refractivity contribution in [3.8, 4) is 16.9 Å². The summed E-state index contributed by atoms with van der Waals surface area (Å²) in [6.07, 6.45) is 1.01. The maximum atomic E-state index is 12.1. The van der Waals surface area contributed by atoms with Crippen LogP contribution in [0.15, 0.2) is 52.2 Å². The van der Waals surface area contributed by atoms with E-state index in [-0.39, 0.29) is 0 Å². The molecule has 0 aliphatic rings. The van der Waals surface area contributed by atoms with Crippen LogP contribution in [0.25, 0.3) is 16.9 Å². The number of rotatable bonds is 4. The fourth-order valence-corrected chi connectivity index (χ4v) is 5.67. The van der Waals surface area contributed by atoms with Gasteiger partial charge in [0, 0.05) is 36.5 Å². The van der Waals surface area contributed by atoms with Gasteiger partial charge in [0.1, 0.15) is 11.2 Å². The first-order valence-electron chi connectivity index (χ1n) is 9.50. The minimum Gasteiger partial charge on any atom is -0.271 e. The van der Waals surface area contributed by atoms with Crippen LogP contribution >= 0.6 is 46.1 Å². The van der Waals surface area contributed by atoms with Crippen LogP contribution in [0.1, 0.15) is 29.3 Å². The Morgan fingerprint density at radius 2 is 1.75 bits per heavy atom. The third-order valence-corrected chi connectivity index (χ3v) is 7.16. The Balaban J connectivity index is 1.80. The first kappa shape index (κ1) is 22.7. The van der Waals surface area contributed by atoms with E-state index < -0.39 is 16.7 Å². The number of benzene rings is 2. The summed E-state index contributed by atoms with van der Waals surface area (Å²) in [5.74, 6) is 0. The predicted molar refractivity (Wildman–Crippen MR) is 130 cm³/mol. The molecule has 0 saturated carbocycles. The summed E-state index contributed by atoms with van der Waals surface area (Å²) in [6.45, 7) is 5.99. The van der Waals surface area contributed by atoms with Crippen LogP contribution in [0.5, 0.6) is 0 Å². The Morgan fingerprint density at radius 1 is 1.06 bits per heavy atom. The molecule has 2 aromatic carbocycles. The van der Waals surface area contributed by atoms with Crippen molar-refractivity contribution in [3.63, 3.8) is 0 Å². The quantitative estimate of drug-likeness (QED) is 0.388. The molecule has 0 amide bonds. The van der Waals surface area contributed by atoms with Crippen molar-refractivity contribution in [2.45, 2.75) is 26.2 Å². The molecule has 0 unspecified atom stereocenters. The largest absolute Gasteiger partial charge is 0.349 e. The lowest BCUT2D eigenvalue weighted by atomic mass is 9.85. The van der Waals surface area contributed by atoms with Crippen molar-refractivity contribution in [1.29, 1.82) is 0 Å². The number of aromatic nitrogens is 4. The van der Waals surface area contributed by atoms with E-state index in [1.807, 2.05) is 45.0 Å². The van der Waals surface area contributed by atoms with E-state index in [4.69, 9.17) is 39.8 Å². The summed E-state index contributed by atoms with van der Waals surface area (Å²) in [5, 5.41) is 6.05. The number of aromatic amines is 1. The van der Waals surface area contributed by atoms with E-state index in [0.717, 1.165) is 32.0 Å². The van der Waals surface area contributed by atoms with E-state index in [1.165, 1.54) is 0 Å². The maximum Gasteiger partial charge on any atom is 0.349 e. The zero-order chi connectivity index (χ0) is 23.2. The highest BCUT2D eigenvalue weighted by Crippen LogP contribution is 2.44. The molecule has 0 saturated heterocycles. The van der Waals surface area contributed by atoms with Gasteiger partial charge >= 0.3 is 5.69 Å². The van der Waals surface area contributed by atoms with E-state index in [1.54, 1.807) is 23.5 Å². The molecular formula is C22H17Cl3N4O2S. The van der Waals surface area contributed by atoms with Gasteiger partial charge in [-0.25, -0.2) is 9.78 Å². The smallest absolute Gasteiger partial charge is 0.271 e. The molecule has 0 aliphatic carbocycles. The average molecular weight is 508 g/mol. The molecule has 10 heteroatoms. The van der Waals surface area contributed by atoms with Gasteiger partial charge in [-0.3, -0.25) is 9.78 Å². The minimum atomic E-state index is -0.682. The molecule has 0 fully saturated rings. The van der Waals surface area contributed by atoms with Gasteiger partial charge in [0.15, 0.2) is 0 Å². The van der Waals surface area contributed by atoms with Crippen molar-refractivity contribution < 1.29 is 0 Å². The van der Waals surface area contributed by atoms with Gasteiger partial charge in [-0.05, 0) is 45.0 Å². The number of aryl methyl sites for hydroxylation is 1. The molecular weight excluding hydrogens is 491 g/mol. The van der Waals surface area contributed by atoms with Crippen LogP contribution in [-0.2, 0) is 5.41 Å². The summed E-state index contributed by atoms with van der Waals surface area (Å²) >= 11 is 21.0. The van der Waals surface area contributed by atoms with Gasteiger partial charge in [-0.2, -0.15) is 9.78 Å². The van der Waals surface area contributed by atoms with Crippen LogP contribution in [0.4, 0.5) is 0 Å². The Morgan fingerprint density at radius 3 is 2.38 bits per heavy atom. The second-order valence-electron chi connectivity index (χ2n) is 7.69. The van der Waals surface area contributed by atoms with Gasteiger partial charge in [0.2, 0.25) is 0 Å². The Hall–Kier alpha value is -2.45. The predicted octanol–water partition coefficient (Wildman–Crippen LogP) is 5.64. The standard InChI is InChI=1S/C22H17Cl3N4O2S/c1-11-19(12-5-4-6-13(23)7-12)28-20(32-11)22(2,3)18-15(24)8-14(9-16(18)25)29-21(31)27-17(30)10-26-29/h4-10H,1-3H3,(H,27,30,31). The molecule has 1 N–H and O–H groups in total. The Bertz CT molecular complexity index is 1430. The number of nitrogens with one attached hydrogen (secondary N) is 1. The van der Waals surface area contributed by atoms with Crippen LogP contribution in [0, 0.1) is 6.92 Å². The number of thiazole rings is 1. The Labute approximate surface area is 202 Å². The maximum absolute atomic E-state index is 12.1.